The maximum Gasteiger partial charge on any atom is 0.255 e. The third kappa shape index (κ3) is 20.2. The van der Waals surface area contributed by atoms with E-state index >= 15 is 9.59 Å². The Morgan fingerprint density at radius 3 is 2.14 bits per heavy atom. The first-order chi connectivity index (χ1) is 55.9. The molecule has 4 aliphatic heterocycles. The van der Waals surface area contributed by atoms with Crippen LogP contribution in [0.3, 0.4) is 0 Å². The summed E-state index contributed by atoms with van der Waals surface area (Å²) in [6, 6.07) is 11.9. The number of hydrogen-bond donors (Lipinski definition) is 17. The second-order valence-corrected chi connectivity index (χ2v) is 33.6. The number of fused-ring (bicyclic) bond motifs is 12. The molecule has 5 aromatic carbocycles. The van der Waals surface area contributed by atoms with Gasteiger partial charge in [0, 0.05) is 54.5 Å². The molecule has 5 aromatic rings. The second kappa shape index (κ2) is 37.0. The van der Waals surface area contributed by atoms with E-state index in [9.17, 15) is 69.3 Å². The number of nitrogens with two attached hydrogens (primary N) is 4. The summed E-state index contributed by atoms with van der Waals surface area (Å²) < 4.78 is 44.7. The highest BCUT2D eigenvalue weighted by molar-refractivity contribution is 6.32. The second-order valence-electron chi connectivity index (χ2n) is 33.2. The molecule has 14 rings (SSSR count). The normalized spacial score (nSPS) is 28.2. The lowest BCUT2D eigenvalue weighted by Gasteiger charge is -2.54. The number of imide groups is 1. The number of amides is 9. The molecule has 15 unspecified atom stereocenters. The Morgan fingerprint density at radius 1 is 0.780 bits per heavy atom. The van der Waals surface area contributed by atoms with E-state index in [1.165, 1.54) is 67.6 Å². The molecular formula is C84H107ClN10O23. The molecule has 118 heavy (non-hydrogen) atoms. The molecule has 5 aliphatic carbocycles. The van der Waals surface area contributed by atoms with Crippen molar-refractivity contribution in [2.45, 2.75) is 234 Å². The van der Waals surface area contributed by atoms with Gasteiger partial charge in [-0.25, -0.2) is 0 Å². The molecule has 33 nitrogen and oxygen atoms in total. The van der Waals surface area contributed by atoms with Crippen LogP contribution < -0.4 is 69.0 Å². The quantitative estimate of drug-likeness (QED) is 0.0239. The Bertz CT molecular complexity index is 4560. The van der Waals surface area contributed by atoms with Crippen LogP contribution in [0.25, 0.3) is 11.1 Å². The predicted octanol–water partition coefficient (Wildman–Crippen LogP) is 3.83. The van der Waals surface area contributed by atoms with Gasteiger partial charge in [-0.05, 0) is 196 Å². The first-order valence-corrected chi connectivity index (χ1v) is 40.5. The van der Waals surface area contributed by atoms with Crippen LogP contribution in [-0.2, 0) is 74.3 Å². The summed E-state index contributed by atoms with van der Waals surface area (Å²) in [5.74, 6) is -12.3. The van der Waals surface area contributed by atoms with Gasteiger partial charge < -0.3 is 118 Å². The fourth-order valence-electron chi connectivity index (χ4n) is 17.5. The number of nitrogens with one attached hydrogen (secondary N) is 6. The summed E-state index contributed by atoms with van der Waals surface area (Å²) in [6.45, 7) is 9.84. The molecule has 0 radical (unpaired) electrons. The zero-order chi connectivity index (χ0) is 85.1. The maximum atomic E-state index is 15.2. The molecule has 4 heterocycles. The minimum atomic E-state index is -2.73. The SMILES string of the molecule is CC(C)CCC(=O)NC1C(=O)NC(CC(=O)NC(=O)C(C)OCCCCN)C(=O)NC(C(N)=O)c2cc(c(OC3OC(CO)CC(O)C3OC3CC(C)(N)C(O)C(C)O3)c(Oc3ccc(C(O)CC(=O)NC(C(=O)NC4C5CC6CC(C5)CC4C6)c4cc(O)cc5c4-c4cc(CC(N)=O)ccc4C5(O)O)cc3Cl)c2)Oc2ccc(cc2)C1C. The van der Waals surface area contributed by atoms with E-state index in [1.54, 1.807) is 32.9 Å². The molecule has 15 atom stereocenters. The van der Waals surface area contributed by atoms with Gasteiger partial charge in [0.15, 0.2) is 17.8 Å². The van der Waals surface area contributed by atoms with E-state index in [0.717, 1.165) is 44.2 Å². The standard InChI is InChI=1S/C84H107ClN10O23/c1-38(2)9-18-65(101)91-70-39(3)45-11-14-51(15-12-45)114-62-29-49(72(77(88)105)95-79(107)58(90-80(70)108)34-66(102)93-78(106)41(5)112-20-8-7-19-86)30-63(75(62)118-82-74(60(99)33-52(37-96)115-82)117-68-36-83(6,89)76(104)40(4)113-68)116-61-17-13-46(28-57(61)85)59(98)35-67(103)92-73(81(109)94-71-47-22-43-21-44(24-47)25-48(71)23-43)54-31-50(97)32-56-69(54)53-26-42(27-64(87)100)10-16-55(53)84(56,110)111/h10-17,26,28-32,38-41,43-44,47-48,52,58-60,68,70-74,76,82,96-99,104,110-111H,7-9,18-25,27,33-37,86,89H2,1-6H3,(H2,87,100)(H2,88,105)(H,90,108)(H,91,101)(H,92,103)(H,94,109)(H,95,107)(H,93,102,106). The molecule has 9 amide bonds. The highest BCUT2D eigenvalue weighted by Crippen LogP contribution is 2.55. The van der Waals surface area contributed by atoms with E-state index in [-0.39, 0.29) is 117 Å². The number of phenols is 1. The van der Waals surface area contributed by atoms with Gasteiger partial charge in [-0.3, -0.25) is 48.5 Å². The lowest BCUT2D eigenvalue weighted by atomic mass is 9.54. The average molecular weight is 1660 g/mol. The fraction of sp³-hybridized carbons (Fsp3) is 0.536. The molecule has 4 saturated carbocycles. The number of halogens is 1. The van der Waals surface area contributed by atoms with Crippen molar-refractivity contribution in [2.75, 3.05) is 19.8 Å². The third-order valence-electron chi connectivity index (χ3n) is 23.6. The Balaban J connectivity index is 0.915. The molecule has 0 aromatic heterocycles. The zero-order valence-electron chi connectivity index (χ0n) is 66.5. The van der Waals surface area contributed by atoms with E-state index in [0.29, 0.717) is 48.8 Å². The van der Waals surface area contributed by atoms with Crippen LogP contribution in [0.15, 0.2) is 84.9 Å². The number of carbonyl (C=O) groups excluding carboxylic acids is 9. The van der Waals surface area contributed by atoms with Gasteiger partial charge >= 0.3 is 0 Å². The van der Waals surface area contributed by atoms with Crippen molar-refractivity contribution < 1.29 is 112 Å². The smallest absolute Gasteiger partial charge is 0.255 e. The molecule has 6 fully saturated rings. The molecule has 2 saturated heterocycles. The molecule has 9 aliphatic rings. The number of ether oxygens (including phenoxy) is 7. The van der Waals surface area contributed by atoms with Crippen molar-refractivity contribution in [3.63, 3.8) is 0 Å². The molecular weight excluding hydrogens is 1550 g/mol. The number of aromatic hydroxyl groups is 1. The molecule has 34 heteroatoms. The summed E-state index contributed by atoms with van der Waals surface area (Å²) in [6.07, 6.45) is -8.08. The van der Waals surface area contributed by atoms with Crippen molar-refractivity contribution in [3.05, 3.63) is 129 Å². The Hall–Kier alpha value is -9.46. The van der Waals surface area contributed by atoms with E-state index in [1.807, 2.05) is 13.8 Å². The van der Waals surface area contributed by atoms with E-state index in [4.69, 9.17) is 67.7 Å². The van der Waals surface area contributed by atoms with Crippen molar-refractivity contribution in [3.8, 4) is 45.6 Å². The number of aliphatic hydroxyl groups excluding tert-OH is 4. The highest BCUT2D eigenvalue weighted by atomic mass is 35.5. The Kier molecular flexibility index (Phi) is 27.6. The topological polar surface area (TPSA) is 536 Å². The van der Waals surface area contributed by atoms with Crippen molar-refractivity contribution in [1.29, 1.82) is 0 Å². The van der Waals surface area contributed by atoms with Gasteiger partial charge in [0.05, 0.1) is 61.4 Å². The van der Waals surface area contributed by atoms with Crippen LogP contribution in [0.2, 0.25) is 5.02 Å². The first-order valence-electron chi connectivity index (χ1n) is 40.1. The summed E-state index contributed by atoms with van der Waals surface area (Å²) in [4.78, 5) is 128. The van der Waals surface area contributed by atoms with Crippen LogP contribution in [0, 0.1) is 29.6 Å². The number of primary amides is 2. The summed E-state index contributed by atoms with van der Waals surface area (Å²) in [7, 11) is 0. The van der Waals surface area contributed by atoms with Crippen LogP contribution in [-0.4, -0.2) is 182 Å². The van der Waals surface area contributed by atoms with Crippen molar-refractivity contribution in [1.82, 2.24) is 31.9 Å². The molecule has 638 valence electrons. The Morgan fingerprint density at radius 2 is 1.49 bits per heavy atom. The summed E-state index contributed by atoms with van der Waals surface area (Å²) in [5.41, 5.74) is 23.3. The first kappa shape index (κ1) is 87.8. The summed E-state index contributed by atoms with van der Waals surface area (Å²) in [5, 5.41) is 96.7. The van der Waals surface area contributed by atoms with Crippen LogP contribution >= 0.6 is 11.6 Å². The highest BCUT2D eigenvalue weighted by Gasteiger charge is 2.52. The largest absolute Gasteiger partial charge is 0.508 e. The number of unbranched alkanes of at least 4 members (excludes halogenated alkanes) is 1. The summed E-state index contributed by atoms with van der Waals surface area (Å²) >= 11 is 7.20. The number of aliphatic hydroxyl groups is 6. The number of carbonyl (C=O) groups is 9. The maximum absolute atomic E-state index is 15.2. The molecule has 21 N–H and O–H groups in total. The monoisotopic (exact) mass is 1660 g/mol. The van der Waals surface area contributed by atoms with Gasteiger partial charge in [-0.1, -0.05) is 68.8 Å². The lowest BCUT2D eigenvalue weighted by Crippen LogP contribution is -2.62. The van der Waals surface area contributed by atoms with Crippen molar-refractivity contribution >= 4 is 64.8 Å². The minimum absolute atomic E-state index is 0.000982. The number of phenolic OH excluding ortho intramolecular Hbond substituents is 1. The van der Waals surface area contributed by atoms with Crippen LogP contribution in [0.4, 0.5) is 0 Å². The Labute approximate surface area is 686 Å². The van der Waals surface area contributed by atoms with E-state index < -0.39 is 187 Å². The fourth-order valence-corrected chi connectivity index (χ4v) is 17.8. The molecule has 0 spiro atoms. The van der Waals surface area contributed by atoms with Crippen molar-refractivity contribution in [2.24, 2.45) is 52.5 Å². The molecule has 8 bridgehead atoms. The average Bonchev–Trinajstić information content (AvgIpc) is 1.64. The zero-order valence-corrected chi connectivity index (χ0v) is 67.3. The van der Waals surface area contributed by atoms with Crippen LogP contribution in [0.1, 0.15) is 188 Å². The van der Waals surface area contributed by atoms with Crippen LogP contribution in [0.5, 0.6) is 34.5 Å². The minimum Gasteiger partial charge on any atom is -0.508 e. The van der Waals surface area contributed by atoms with E-state index in [2.05, 4.69) is 31.9 Å². The van der Waals surface area contributed by atoms with Gasteiger partial charge in [0.2, 0.25) is 65.1 Å². The van der Waals surface area contributed by atoms with Gasteiger partial charge in [-0.15, -0.1) is 0 Å². The lowest BCUT2D eigenvalue weighted by molar-refractivity contribution is -0.316. The number of hydrogen-bond acceptors (Lipinski definition) is 25. The van der Waals surface area contributed by atoms with Gasteiger partial charge in [-0.2, -0.15) is 0 Å². The van der Waals surface area contributed by atoms with Gasteiger partial charge in [0.25, 0.3) is 5.91 Å². The number of benzene rings is 5. The van der Waals surface area contributed by atoms with Gasteiger partial charge in [0.1, 0.15) is 53.6 Å². The predicted molar refractivity (Wildman–Crippen MR) is 423 cm³/mol. The number of rotatable bonds is 29. The third-order valence-corrected chi connectivity index (χ3v) is 23.9.